The fourth-order valence-corrected chi connectivity index (χ4v) is 4.83. The maximum atomic E-state index is 12.3. The van der Waals surface area contributed by atoms with Gasteiger partial charge in [-0.1, -0.05) is 6.42 Å². The van der Waals surface area contributed by atoms with Crippen LogP contribution in [0.2, 0.25) is 0 Å². The topological polar surface area (TPSA) is 95.6 Å². The van der Waals surface area contributed by atoms with E-state index in [-0.39, 0.29) is 22.6 Å². The normalized spacial score (nSPS) is 16.0. The highest BCUT2D eigenvalue weighted by Gasteiger charge is 2.19. The van der Waals surface area contributed by atoms with Crippen molar-refractivity contribution < 1.29 is 18.0 Å². The van der Waals surface area contributed by atoms with Gasteiger partial charge in [-0.15, -0.1) is 11.3 Å². The van der Waals surface area contributed by atoms with E-state index in [1.165, 1.54) is 13.0 Å². The van der Waals surface area contributed by atoms with Gasteiger partial charge in [0, 0.05) is 37.9 Å². The zero-order valence-electron chi connectivity index (χ0n) is 13.7. The summed E-state index contributed by atoms with van der Waals surface area (Å²) >= 11 is 1.13. The monoisotopic (exact) mass is 373 g/mol. The van der Waals surface area contributed by atoms with E-state index in [1.54, 1.807) is 11.0 Å². The van der Waals surface area contributed by atoms with E-state index in [4.69, 9.17) is 0 Å². The molecule has 1 aromatic heterocycles. The lowest BCUT2D eigenvalue weighted by atomic mass is 10.2. The number of nitrogens with one attached hydrogen (secondary N) is 2. The SMILES string of the molecule is CC(=O)NCc1ccc(S(=O)(=O)NCCN2CCCCCC2=O)s1. The van der Waals surface area contributed by atoms with Gasteiger partial charge < -0.3 is 10.2 Å². The number of hydrogen-bond acceptors (Lipinski definition) is 5. The van der Waals surface area contributed by atoms with E-state index in [0.29, 0.717) is 26.1 Å². The van der Waals surface area contributed by atoms with Gasteiger partial charge in [0.05, 0.1) is 6.54 Å². The smallest absolute Gasteiger partial charge is 0.250 e. The van der Waals surface area contributed by atoms with Crippen LogP contribution in [0.5, 0.6) is 0 Å². The second kappa shape index (κ2) is 8.59. The molecule has 2 N–H and O–H groups in total. The van der Waals surface area contributed by atoms with Crippen molar-refractivity contribution in [2.24, 2.45) is 0 Å². The van der Waals surface area contributed by atoms with Crippen molar-refractivity contribution in [2.45, 2.75) is 43.4 Å². The molecule has 0 saturated carbocycles. The predicted octanol–water partition coefficient (Wildman–Crippen LogP) is 1.07. The van der Waals surface area contributed by atoms with Crippen LogP contribution in [0.4, 0.5) is 0 Å². The molecule has 9 heteroatoms. The first-order valence-corrected chi connectivity index (χ1v) is 10.3. The summed E-state index contributed by atoms with van der Waals surface area (Å²) in [6.45, 7) is 3.02. The van der Waals surface area contributed by atoms with Crippen LogP contribution in [0, 0.1) is 0 Å². The molecule has 0 radical (unpaired) electrons. The molecule has 134 valence electrons. The van der Waals surface area contributed by atoms with Crippen LogP contribution in [0.3, 0.4) is 0 Å². The number of rotatable bonds is 7. The number of thiophene rings is 1. The van der Waals surface area contributed by atoms with Crippen LogP contribution in [0.1, 0.15) is 37.5 Å². The second-order valence-electron chi connectivity index (χ2n) is 5.72. The number of nitrogens with zero attached hydrogens (tertiary/aromatic N) is 1. The van der Waals surface area contributed by atoms with Gasteiger partial charge >= 0.3 is 0 Å². The Balaban J connectivity index is 1.86. The molecule has 2 amide bonds. The second-order valence-corrected chi connectivity index (χ2v) is 8.88. The lowest BCUT2D eigenvalue weighted by Crippen LogP contribution is -2.38. The molecule has 0 spiro atoms. The van der Waals surface area contributed by atoms with E-state index in [2.05, 4.69) is 10.0 Å². The Labute approximate surface area is 146 Å². The summed E-state index contributed by atoms with van der Waals surface area (Å²) in [7, 11) is -3.59. The molecular weight excluding hydrogens is 350 g/mol. The molecule has 2 heterocycles. The number of sulfonamides is 1. The maximum absolute atomic E-state index is 12.3. The number of carbonyl (C=O) groups excluding carboxylic acids is 2. The summed E-state index contributed by atoms with van der Waals surface area (Å²) in [6.07, 6.45) is 3.47. The molecular formula is C15H23N3O4S2. The van der Waals surface area contributed by atoms with Crippen LogP contribution in [0.15, 0.2) is 16.3 Å². The number of hydrogen-bond donors (Lipinski definition) is 2. The van der Waals surface area contributed by atoms with Crippen molar-refractivity contribution in [1.82, 2.24) is 14.9 Å². The molecule has 0 atom stereocenters. The van der Waals surface area contributed by atoms with Crippen molar-refractivity contribution in [3.8, 4) is 0 Å². The third-order valence-electron chi connectivity index (χ3n) is 3.76. The Morgan fingerprint density at radius 1 is 1.29 bits per heavy atom. The fraction of sp³-hybridized carbons (Fsp3) is 0.600. The summed E-state index contributed by atoms with van der Waals surface area (Å²) in [5.41, 5.74) is 0. The van der Waals surface area contributed by atoms with Gasteiger partial charge in [-0.05, 0) is 25.0 Å². The summed E-state index contributed by atoms with van der Waals surface area (Å²) in [4.78, 5) is 25.3. The minimum absolute atomic E-state index is 0.0976. The molecule has 24 heavy (non-hydrogen) atoms. The summed E-state index contributed by atoms with van der Waals surface area (Å²) in [6, 6.07) is 3.22. The zero-order valence-corrected chi connectivity index (χ0v) is 15.3. The van der Waals surface area contributed by atoms with Gasteiger partial charge in [0.1, 0.15) is 4.21 Å². The third-order valence-corrected chi connectivity index (χ3v) is 6.80. The highest BCUT2D eigenvalue weighted by atomic mass is 32.2. The molecule has 1 aliphatic heterocycles. The van der Waals surface area contributed by atoms with Gasteiger partial charge in [0.15, 0.2) is 0 Å². The van der Waals surface area contributed by atoms with Gasteiger partial charge in [-0.3, -0.25) is 9.59 Å². The van der Waals surface area contributed by atoms with Crippen LogP contribution >= 0.6 is 11.3 Å². The summed E-state index contributed by atoms with van der Waals surface area (Å²) < 4.78 is 27.3. The highest BCUT2D eigenvalue weighted by molar-refractivity contribution is 7.91. The molecule has 1 fully saturated rings. The quantitative estimate of drug-likeness (QED) is 0.747. The van der Waals surface area contributed by atoms with E-state index < -0.39 is 10.0 Å². The molecule has 1 aliphatic rings. The Morgan fingerprint density at radius 3 is 2.83 bits per heavy atom. The van der Waals surface area contributed by atoms with Crippen molar-refractivity contribution >= 4 is 33.2 Å². The first kappa shape index (κ1) is 18.9. The lowest BCUT2D eigenvalue weighted by molar-refractivity contribution is -0.130. The van der Waals surface area contributed by atoms with Crippen molar-refractivity contribution in [1.29, 1.82) is 0 Å². The number of likely N-dealkylation sites (tertiary alicyclic amines) is 1. The van der Waals surface area contributed by atoms with Crippen LogP contribution < -0.4 is 10.0 Å². The van der Waals surface area contributed by atoms with Crippen molar-refractivity contribution in [2.75, 3.05) is 19.6 Å². The van der Waals surface area contributed by atoms with Crippen molar-refractivity contribution in [3.05, 3.63) is 17.0 Å². The van der Waals surface area contributed by atoms with Crippen LogP contribution in [-0.4, -0.2) is 44.8 Å². The Morgan fingerprint density at radius 2 is 2.08 bits per heavy atom. The van der Waals surface area contributed by atoms with E-state index >= 15 is 0 Å². The van der Waals surface area contributed by atoms with Crippen LogP contribution in [0.25, 0.3) is 0 Å². The largest absolute Gasteiger partial charge is 0.351 e. The standard InChI is InChI=1S/C15H23N3O4S2/c1-12(19)16-11-13-6-7-15(23-13)24(21,22)17-8-10-18-9-4-2-3-5-14(18)20/h6-7,17H,2-5,8-11H2,1H3,(H,16,19). The minimum Gasteiger partial charge on any atom is -0.351 e. The first-order valence-electron chi connectivity index (χ1n) is 7.99. The van der Waals surface area contributed by atoms with E-state index in [9.17, 15) is 18.0 Å². The van der Waals surface area contributed by atoms with Crippen LogP contribution in [-0.2, 0) is 26.2 Å². The summed E-state index contributed by atoms with van der Waals surface area (Å²) in [5.74, 6) is -0.0616. The number of carbonyl (C=O) groups is 2. The predicted molar refractivity (Wildman–Crippen MR) is 92.1 cm³/mol. The molecule has 0 aromatic carbocycles. The molecule has 0 aliphatic carbocycles. The zero-order chi connectivity index (χ0) is 17.6. The molecule has 2 rings (SSSR count). The molecule has 7 nitrogen and oxygen atoms in total. The highest BCUT2D eigenvalue weighted by Crippen LogP contribution is 2.21. The van der Waals surface area contributed by atoms with Gasteiger partial charge in [-0.2, -0.15) is 0 Å². The molecule has 0 unspecified atom stereocenters. The Hall–Kier alpha value is -1.45. The summed E-state index contributed by atoms with van der Waals surface area (Å²) in [5, 5.41) is 2.64. The molecule has 1 saturated heterocycles. The minimum atomic E-state index is -3.59. The van der Waals surface area contributed by atoms with Gasteiger partial charge in [-0.25, -0.2) is 13.1 Å². The fourth-order valence-electron chi connectivity index (χ4n) is 2.47. The van der Waals surface area contributed by atoms with Gasteiger partial charge in [0.25, 0.3) is 0 Å². The van der Waals surface area contributed by atoms with Gasteiger partial charge in [0.2, 0.25) is 21.8 Å². The molecule has 0 bridgehead atoms. The third kappa shape index (κ3) is 5.57. The Kier molecular flexibility index (Phi) is 6.76. The van der Waals surface area contributed by atoms with Crippen molar-refractivity contribution in [3.63, 3.8) is 0 Å². The maximum Gasteiger partial charge on any atom is 0.250 e. The Bertz CT molecular complexity index is 685. The lowest BCUT2D eigenvalue weighted by Gasteiger charge is -2.20. The first-order chi connectivity index (χ1) is 11.4. The van der Waals surface area contributed by atoms with E-state index in [0.717, 1.165) is 35.5 Å². The number of amides is 2. The van der Waals surface area contributed by atoms with E-state index in [1.807, 2.05) is 0 Å². The molecule has 1 aromatic rings. The average molecular weight is 374 g/mol. The average Bonchev–Trinajstić information content (AvgIpc) is 2.91.